The van der Waals surface area contributed by atoms with Gasteiger partial charge in [-0.05, 0) is 11.1 Å². The van der Waals surface area contributed by atoms with Gasteiger partial charge in [-0.2, -0.15) is 0 Å². The first-order chi connectivity index (χ1) is 8.62. The summed E-state index contributed by atoms with van der Waals surface area (Å²) in [5.41, 5.74) is 2.41. The van der Waals surface area contributed by atoms with Gasteiger partial charge in [0.1, 0.15) is 0 Å². The van der Waals surface area contributed by atoms with Crippen molar-refractivity contribution in [2.24, 2.45) is 0 Å². The summed E-state index contributed by atoms with van der Waals surface area (Å²) in [6, 6.07) is 8.67. The zero-order valence-electron chi connectivity index (χ0n) is 11.4. The first-order valence-corrected chi connectivity index (χ1v) is 6.75. The second-order valence-electron chi connectivity index (χ2n) is 5.77. The average molecular weight is 248 g/mol. The standard InChI is InChI=1S/C15H24N2O/c1-15(2,12-18)14-5-3-13(4-6-14)11-17-9-7-16-8-10-17/h3-6,16,18H,7-12H2,1-2H3. The van der Waals surface area contributed by atoms with E-state index in [1.54, 1.807) is 0 Å². The summed E-state index contributed by atoms with van der Waals surface area (Å²) < 4.78 is 0. The Labute approximate surface area is 110 Å². The SMILES string of the molecule is CC(C)(CO)c1ccc(CN2CCNCC2)cc1. The molecule has 2 rings (SSSR count). The van der Waals surface area contributed by atoms with Crippen LogP contribution in [0.1, 0.15) is 25.0 Å². The summed E-state index contributed by atoms with van der Waals surface area (Å²) in [4.78, 5) is 2.47. The van der Waals surface area contributed by atoms with Crippen molar-refractivity contribution >= 4 is 0 Å². The van der Waals surface area contributed by atoms with Crippen molar-refractivity contribution < 1.29 is 5.11 Å². The largest absolute Gasteiger partial charge is 0.395 e. The summed E-state index contributed by atoms with van der Waals surface area (Å²) in [5, 5.41) is 12.7. The summed E-state index contributed by atoms with van der Waals surface area (Å²) in [6.45, 7) is 9.79. The highest BCUT2D eigenvalue weighted by atomic mass is 16.3. The van der Waals surface area contributed by atoms with Gasteiger partial charge < -0.3 is 10.4 Å². The van der Waals surface area contributed by atoms with Crippen LogP contribution in [-0.2, 0) is 12.0 Å². The molecule has 1 heterocycles. The van der Waals surface area contributed by atoms with Crippen molar-refractivity contribution in [1.82, 2.24) is 10.2 Å². The van der Waals surface area contributed by atoms with E-state index in [4.69, 9.17) is 0 Å². The Bertz CT molecular complexity index is 367. The number of nitrogens with one attached hydrogen (secondary N) is 1. The minimum absolute atomic E-state index is 0.145. The van der Waals surface area contributed by atoms with Crippen LogP contribution in [0.2, 0.25) is 0 Å². The zero-order chi connectivity index (χ0) is 13.0. The Morgan fingerprint density at radius 1 is 1.17 bits per heavy atom. The highest BCUT2D eigenvalue weighted by Crippen LogP contribution is 2.22. The van der Waals surface area contributed by atoms with Gasteiger partial charge in [0.05, 0.1) is 6.61 Å². The number of benzene rings is 1. The van der Waals surface area contributed by atoms with E-state index in [0.717, 1.165) is 32.7 Å². The lowest BCUT2D eigenvalue weighted by Crippen LogP contribution is -2.42. The van der Waals surface area contributed by atoms with Crippen molar-refractivity contribution in [2.45, 2.75) is 25.8 Å². The lowest BCUT2D eigenvalue weighted by Gasteiger charge is -2.27. The van der Waals surface area contributed by atoms with Gasteiger partial charge in [-0.25, -0.2) is 0 Å². The quantitative estimate of drug-likeness (QED) is 0.844. The second kappa shape index (κ2) is 5.83. The van der Waals surface area contributed by atoms with E-state index < -0.39 is 0 Å². The van der Waals surface area contributed by atoms with Crippen LogP contribution < -0.4 is 5.32 Å². The number of aliphatic hydroxyl groups excluding tert-OH is 1. The lowest BCUT2D eigenvalue weighted by atomic mass is 9.85. The van der Waals surface area contributed by atoms with Crippen molar-refractivity contribution in [3.8, 4) is 0 Å². The number of hydrogen-bond acceptors (Lipinski definition) is 3. The van der Waals surface area contributed by atoms with Gasteiger partial charge in [-0.1, -0.05) is 38.1 Å². The normalized spacial score (nSPS) is 17.9. The second-order valence-corrected chi connectivity index (χ2v) is 5.77. The van der Waals surface area contributed by atoms with Crippen molar-refractivity contribution in [3.05, 3.63) is 35.4 Å². The van der Waals surface area contributed by atoms with Crippen molar-refractivity contribution in [2.75, 3.05) is 32.8 Å². The number of rotatable bonds is 4. The summed E-state index contributed by atoms with van der Waals surface area (Å²) in [7, 11) is 0. The monoisotopic (exact) mass is 248 g/mol. The first kappa shape index (κ1) is 13.5. The fourth-order valence-corrected chi connectivity index (χ4v) is 2.28. The maximum atomic E-state index is 9.36. The molecule has 0 unspecified atom stereocenters. The Morgan fingerprint density at radius 2 is 1.78 bits per heavy atom. The highest BCUT2D eigenvalue weighted by Gasteiger charge is 2.19. The molecule has 1 aliphatic heterocycles. The molecule has 0 radical (unpaired) electrons. The fourth-order valence-electron chi connectivity index (χ4n) is 2.28. The molecule has 1 saturated heterocycles. The smallest absolute Gasteiger partial charge is 0.0522 e. The molecule has 0 saturated carbocycles. The van der Waals surface area contributed by atoms with Gasteiger partial charge in [-0.3, -0.25) is 4.90 Å². The molecule has 3 heteroatoms. The minimum Gasteiger partial charge on any atom is -0.395 e. The molecule has 1 aromatic rings. The van der Waals surface area contributed by atoms with Crippen LogP contribution in [0.5, 0.6) is 0 Å². The highest BCUT2D eigenvalue weighted by molar-refractivity contribution is 5.28. The molecule has 2 N–H and O–H groups in total. The van der Waals surface area contributed by atoms with Gasteiger partial charge in [0.25, 0.3) is 0 Å². The van der Waals surface area contributed by atoms with E-state index in [0.29, 0.717) is 0 Å². The number of aliphatic hydroxyl groups is 1. The van der Waals surface area contributed by atoms with Crippen molar-refractivity contribution in [1.29, 1.82) is 0 Å². The third kappa shape index (κ3) is 3.31. The molecule has 0 aliphatic carbocycles. The average Bonchev–Trinajstić information content (AvgIpc) is 2.40. The number of nitrogens with zero attached hydrogens (tertiary/aromatic N) is 1. The fraction of sp³-hybridized carbons (Fsp3) is 0.600. The van der Waals surface area contributed by atoms with Crippen molar-refractivity contribution in [3.63, 3.8) is 0 Å². The van der Waals surface area contributed by atoms with E-state index in [1.807, 2.05) is 0 Å². The van der Waals surface area contributed by atoms with Crippen LogP contribution >= 0.6 is 0 Å². The van der Waals surface area contributed by atoms with E-state index in [1.165, 1.54) is 11.1 Å². The Balaban J connectivity index is 1.99. The van der Waals surface area contributed by atoms with Gasteiger partial charge in [0, 0.05) is 38.1 Å². The summed E-state index contributed by atoms with van der Waals surface area (Å²) in [5.74, 6) is 0. The Morgan fingerprint density at radius 3 is 2.33 bits per heavy atom. The maximum absolute atomic E-state index is 9.36. The third-order valence-electron chi connectivity index (χ3n) is 3.75. The van der Waals surface area contributed by atoms with E-state index >= 15 is 0 Å². The zero-order valence-corrected chi connectivity index (χ0v) is 11.4. The third-order valence-corrected chi connectivity index (χ3v) is 3.75. The van der Waals surface area contributed by atoms with E-state index in [-0.39, 0.29) is 12.0 Å². The molecule has 100 valence electrons. The molecule has 3 nitrogen and oxygen atoms in total. The Kier molecular flexibility index (Phi) is 4.38. The molecule has 18 heavy (non-hydrogen) atoms. The molecule has 1 aromatic carbocycles. The number of hydrogen-bond donors (Lipinski definition) is 2. The van der Waals surface area contributed by atoms with Gasteiger partial charge in [0.2, 0.25) is 0 Å². The first-order valence-electron chi connectivity index (χ1n) is 6.75. The Hall–Kier alpha value is -0.900. The van der Waals surface area contributed by atoms with Crippen LogP contribution in [0.25, 0.3) is 0 Å². The van der Waals surface area contributed by atoms with Crippen LogP contribution in [0.4, 0.5) is 0 Å². The molecular weight excluding hydrogens is 224 g/mol. The van der Waals surface area contributed by atoms with Gasteiger partial charge >= 0.3 is 0 Å². The molecule has 0 amide bonds. The molecule has 0 spiro atoms. The van der Waals surface area contributed by atoms with Crippen LogP contribution in [0, 0.1) is 0 Å². The van der Waals surface area contributed by atoms with Gasteiger partial charge in [0.15, 0.2) is 0 Å². The molecule has 0 bridgehead atoms. The van der Waals surface area contributed by atoms with E-state index in [9.17, 15) is 5.11 Å². The minimum atomic E-state index is -0.145. The lowest BCUT2D eigenvalue weighted by molar-refractivity contribution is 0.218. The molecule has 1 aliphatic rings. The van der Waals surface area contributed by atoms with Crippen LogP contribution in [0.15, 0.2) is 24.3 Å². The maximum Gasteiger partial charge on any atom is 0.0522 e. The molecular formula is C15H24N2O. The van der Waals surface area contributed by atoms with Crippen LogP contribution in [0.3, 0.4) is 0 Å². The number of piperazine rings is 1. The van der Waals surface area contributed by atoms with Crippen LogP contribution in [-0.4, -0.2) is 42.8 Å². The summed E-state index contributed by atoms with van der Waals surface area (Å²) in [6.07, 6.45) is 0. The topological polar surface area (TPSA) is 35.5 Å². The van der Waals surface area contributed by atoms with E-state index in [2.05, 4.69) is 48.3 Å². The van der Waals surface area contributed by atoms with Gasteiger partial charge in [-0.15, -0.1) is 0 Å². The summed E-state index contributed by atoms with van der Waals surface area (Å²) >= 11 is 0. The molecule has 0 aromatic heterocycles. The molecule has 1 fully saturated rings. The predicted molar refractivity (Wildman–Crippen MR) is 74.7 cm³/mol. The molecule has 0 atom stereocenters. The predicted octanol–water partition coefficient (Wildman–Crippen LogP) is 1.36.